The zero-order valence-electron chi connectivity index (χ0n) is 13.2. The van der Waals surface area contributed by atoms with Gasteiger partial charge in [0.1, 0.15) is 5.56 Å². The highest BCUT2D eigenvalue weighted by atomic mass is 127. The van der Waals surface area contributed by atoms with Gasteiger partial charge in [-0.25, -0.2) is 0 Å². The predicted octanol–water partition coefficient (Wildman–Crippen LogP) is -0.271. The number of allylic oxidation sites excluding steroid dienone is 1. The lowest BCUT2D eigenvalue weighted by molar-refractivity contribution is -0.145. The van der Waals surface area contributed by atoms with E-state index >= 15 is 0 Å². The molecule has 0 radical (unpaired) electrons. The van der Waals surface area contributed by atoms with Crippen LogP contribution in [-0.4, -0.2) is 31.9 Å². The second-order valence-corrected chi connectivity index (χ2v) is 6.74. The maximum absolute atomic E-state index is 12.7. The molecule has 0 bridgehead atoms. The number of aromatic nitrogens is 2. The van der Waals surface area contributed by atoms with E-state index in [4.69, 9.17) is 0 Å². The van der Waals surface area contributed by atoms with Gasteiger partial charge in [-0.3, -0.25) is 28.5 Å². The molecule has 0 amide bonds. The van der Waals surface area contributed by atoms with Crippen LogP contribution in [0.3, 0.4) is 0 Å². The number of hydrogen-bond donors (Lipinski definition) is 0. The lowest BCUT2D eigenvalue weighted by Gasteiger charge is -2.13. The zero-order valence-corrected chi connectivity index (χ0v) is 15.4. The van der Waals surface area contributed by atoms with Gasteiger partial charge < -0.3 is 9.30 Å². The van der Waals surface area contributed by atoms with Crippen LogP contribution in [0, 0.1) is 5.92 Å². The van der Waals surface area contributed by atoms with Crippen molar-refractivity contribution >= 4 is 40.4 Å². The Hall–Kier alpha value is -2.04. The summed E-state index contributed by atoms with van der Waals surface area (Å²) in [6, 6.07) is 0. The third-order valence-electron chi connectivity index (χ3n) is 3.79. The molecule has 0 saturated carbocycles. The number of carbonyl (C=O) groups excluding carboxylic acids is 2. The van der Waals surface area contributed by atoms with Crippen molar-refractivity contribution in [2.75, 3.05) is 7.11 Å². The van der Waals surface area contributed by atoms with Crippen molar-refractivity contribution in [1.82, 2.24) is 9.13 Å². The van der Waals surface area contributed by atoms with Gasteiger partial charge in [0.05, 0.1) is 22.6 Å². The van der Waals surface area contributed by atoms with Gasteiger partial charge in [0.25, 0.3) is 5.56 Å². The number of esters is 1. The monoisotopic (exact) mass is 446 g/mol. The number of ketones is 1. The highest BCUT2D eigenvalue weighted by molar-refractivity contribution is 14.1. The first kappa shape index (κ1) is 18.3. The number of halogens is 1. The van der Waals surface area contributed by atoms with E-state index in [-0.39, 0.29) is 17.8 Å². The minimum Gasteiger partial charge on any atom is -0.469 e. The summed E-state index contributed by atoms with van der Waals surface area (Å²) in [7, 11) is 2.50. The van der Waals surface area contributed by atoms with Crippen molar-refractivity contribution in [3.8, 4) is 0 Å². The molecule has 128 valence electrons. The van der Waals surface area contributed by atoms with E-state index in [0.29, 0.717) is 4.57 Å². The molecule has 24 heavy (non-hydrogen) atoms. The van der Waals surface area contributed by atoms with Crippen molar-refractivity contribution in [3.63, 3.8) is 0 Å². The first-order valence-corrected chi connectivity index (χ1v) is 8.27. The fourth-order valence-electron chi connectivity index (χ4n) is 2.42. The minimum atomic E-state index is -1.08. The van der Waals surface area contributed by atoms with E-state index in [0.717, 1.165) is 4.57 Å². The Balaban J connectivity index is 2.85. The molecule has 2 unspecified atom stereocenters. The average molecular weight is 446 g/mol. The second kappa shape index (κ2) is 6.83. The minimum absolute atomic E-state index is 0.0875. The van der Waals surface area contributed by atoms with Gasteiger partial charge in [-0.05, 0) is 6.08 Å². The molecule has 2 rings (SSSR count). The van der Waals surface area contributed by atoms with Crippen LogP contribution in [0.4, 0.5) is 0 Å². The van der Waals surface area contributed by atoms with Gasteiger partial charge in [0.15, 0.2) is 5.78 Å². The number of carbonyl (C=O) groups is 2. The van der Waals surface area contributed by atoms with Gasteiger partial charge in [-0.2, -0.15) is 0 Å². The first-order chi connectivity index (χ1) is 11.2. The summed E-state index contributed by atoms with van der Waals surface area (Å²) in [6.07, 6.45) is 3.03. The number of fused-ring (bicyclic) bond motifs is 1. The SMILES string of the molecule is COC(=O)C(C)Cn1c(=O)c2c(n(C)c(=O)c1=O)C=CC(I)C2=O. The topological polar surface area (TPSA) is 104 Å². The van der Waals surface area contributed by atoms with E-state index in [1.807, 2.05) is 22.6 Å². The summed E-state index contributed by atoms with van der Waals surface area (Å²) in [5.41, 5.74) is -3.05. The van der Waals surface area contributed by atoms with E-state index in [1.54, 1.807) is 6.08 Å². The summed E-state index contributed by atoms with van der Waals surface area (Å²) in [5, 5.41) is 0. The van der Waals surface area contributed by atoms with Crippen LogP contribution < -0.4 is 16.7 Å². The van der Waals surface area contributed by atoms with Crippen LogP contribution in [-0.2, 0) is 23.1 Å². The molecule has 0 aromatic carbocycles. The standard InChI is InChI=1S/C15H15IN2O6/c1-7(15(23)24-3)6-18-12(20)10-9(5-4-8(16)11(10)19)17(2)13(21)14(18)22/h4-5,7-8H,6H2,1-3H3. The van der Waals surface area contributed by atoms with Gasteiger partial charge in [-0.15, -0.1) is 0 Å². The Morgan fingerprint density at radius 1 is 1.25 bits per heavy atom. The number of alkyl halides is 1. The molecule has 1 aromatic rings. The van der Waals surface area contributed by atoms with Crippen LogP contribution in [0.2, 0.25) is 0 Å². The van der Waals surface area contributed by atoms with Gasteiger partial charge in [0.2, 0.25) is 0 Å². The molecule has 0 aliphatic heterocycles. The zero-order chi connectivity index (χ0) is 18.2. The molecule has 0 N–H and O–H groups in total. The van der Waals surface area contributed by atoms with Gasteiger partial charge in [0, 0.05) is 13.6 Å². The Morgan fingerprint density at radius 2 is 1.88 bits per heavy atom. The maximum Gasteiger partial charge on any atom is 0.319 e. The van der Waals surface area contributed by atoms with E-state index in [9.17, 15) is 24.0 Å². The fourth-order valence-corrected chi connectivity index (χ4v) is 2.93. The fraction of sp³-hybridized carbons (Fsp3) is 0.400. The van der Waals surface area contributed by atoms with E-state index < -0.39 is 38.3 Å². The number of Topliss-reactive ketones (excluding diaryl/α,β-unsaturated/α-hetero) is 1. The van der Waals surface area contributed by atoms with E-state index in [1.165, 1.54) is 27.2 Å². The second-order valence-electron chi connectivity index (χ2n) is 5.39. The van der Waals surface area contributed by atoms with Crippen molar-refractivity contribution < 1.29 is 14.3 Å². The number of methoxy groups -OCH3 is 1. The normalized spacial score (nSPS) is 17.3. The molecule has 1 aliphatic carbocycles. The summed E-state index contributed by atoms with van der Waals surface area (Å²) in [5.74, 6) is -1.94. The van der Waals surface area contributed by atoms with Crippen LogP contribution in [0.25, 0.3) is 6.08 Å². The Bertz CT molecular complexity index is 927. The lowest BCUT2D eigenvalue weighted by Crippen LogP contribution is -2.43. The van der Waals surface area contributed by atoms with Crippen molar-refractivity contribution in [1.29, 1.82) is 0 Å². The highest BCUT2D eigenvalue weighted by Crippen LogP contribution is 2.19. The number of rotatable bonds is 3. The summed E-state index contributed by atoms with van der Waals surface area (Å²) < 4.78 is 5.63. The molecular weight excluding hydrogens is 431 g/mol. The number of ether oxygens (including phenoxy) is 1. The summed E-state index contributed by atoms with van der Waals surface area (Å²) in [6.45, 7) is 1.12. The maximum atomic E-state index is 12.7. The molecular formula is C15H15IN2O6. The van der Waals surface area contributed by atoms with Gasteiger partial charge >= 0.3 is 17.1 Å². The quantitative estimate of drug-likeness (QED) is 0.274. The molecule has 9 heteroatoms. The lowest BCUT2D eigenvalue weighted by atomic mass is 10.0. The summed E-state index contributed by atoms with van der Waals surface area (Å²) >= 11 is 1.86. The molecule has 1 heterocycles. The van der Waals surface area contributed by atoms with Crippen molar-refractivity contribution in [2.24, 2.45) is 13.0 Å². The van der Waals surface area contributed by atoms with Crippen molar-refractivity contribution in [3.05, 3.63) is 48.4 Å². The van der Waals surface area contributed by atoms with Gasteiger partial charge in [-0.1, -0.05) is 35.6 Å². The van der Waals surface area contributed by atoms with Crippen LogP contribution in [0.1, 0.15) is 23.0 Å². The third kappa shape index (κ3) is 2.99. The predicted molar refractivity (Wildman–Crippen MR) is 94.6 cm³/mol. The highest BCUT2D eigenvalue weighted by Gasteiger charge is 2.28. The largest absolute Gasteiger partial charge is 0.469 e. The molecule has 0 fully saturated rings. The average Bonchev–Trinajstić information content (AvgIpc) is 2.63. The van der Waals surface area contributed by atoms with E-state index in [2.05, 4.69) is 4.74 Å². The van der Waals surface area contributed by atoms with Crippen LogP contribution in [0.15, 0.2) is 20.5 Å². The number of hydrogen-bond acceptors (Lipinski definition) is 6. The molecule has 0 spiro atoms. The Kier molecular flexibility index (Phi) is 5.21. The third-order valence-corrected chi connectivity index (χ3v) is 4.77. The molecule has 8 nitrogen and oxygen atoms in total. The Labute approximate surface area is 149 Å². The smallest absolute Gasteiger partial charge is 0.319 e. The van der Waals surface area contributed by atoms with Crippen LogP contribution in [0.5, 0.6) is 0 Å². The van der Waals surface area contributed by atoms with Crippen LogP contribution >= 0.6 is 22.6 Å². The molecule has 1 aromatic heterocycles. The molecule has 0 saturated heterocycles. The molecule has 2 atom stereocenters. The van der Waals surface area contributed by atoms with Crippen molar-refractivity contribution in [2.45, 2.75) is 17.4 Å². The Morgan fingerprint density at radius 3 is 2.46 bits per heavy atom. The summed E-state index contributed by atoms with van der Waals surface area (Å²) in [4.78, 5) is 61.3. The number of nitrogens with zero attached hydrogens (tertiary/aromatic N) is 2. The molecule has 1 aliphatic rings. The first-order valence-electron chi connectivity index (χ1n) is 7.03.